The number of hydrogen-bond acceptors (Lipinski definition) is 12. The molecule has 0 unspecified atom stereocenters. The van der Waals surface area contributed by atoms with E-state index in [9.17, 15) is 35.3 Å². The summed E-state index contributed by atoms with van der Waals surface area (Å²) < 4.78 is 16.2. The molecule has 0 radical (unpaired) electrons. The Bertz CT molecular complexity index is 3110. The summed E-state index contributed by atoms with van der Waals surface area (Å²) in [6, 6.07) is 23.1. The van der Waals surface area contributed by atoms with Crippen LogP contribution in [0.1, 0.15) is 45.4 Å². The van der Waals surface area contributed by atoms with E-state index in [1.807, 2.05) is 51.8 Å². The Balaban J connectivity index is 1.07. The molecule has 19 heteroatoms. The van der Waals surface area contributed by atoms with Gasteiger partial charge in [0, 0.05) is 63.3 Å². The van der Waals surface area contributed by atoms with Crippen LogP contribution in [0.15, 0.2) is 110 Å². The summed E-state index contributed by atoms with van der Waals surface area (Å²) in [6.45, 7) is 6.92. The first-order valence-electron chi connectivity index (χ1n) is 21.8. The molecular weight excluding hydrogens is 938 g/mol. The van der Waals surface area contributed by atoms with Crippen molar-refractivity contribution in [3.8, 4) is 28.7 Å². The number of carboxylic acids is 2. The summed E-state index contributed by atoms with van der Waals surface area (Å²) >= 11 is 13.8. The van der Waals surface area contributed by atoms with E-state index >= 15 is 0 Å². The molecule has 0 aliphatic heterocycles. The van der Waals surface area contributed by atoms with E-state index in [4.69, 9.17) is 49.4 Å². The summed E-state index contributed by atoms with van der Waals surface area (Å²) in [5.74, 6) is -2.39. The Morgan fingerprint density at radius 2 is 1.30 bits per heavy atom. The van der Waals surface area contributed by atoms with E-state index in [-0.39, 0.29) is 45.7 Å². The molecule has 8 aromatic rings. The zero-order valence-electron chi connectivity index (χ0n) is 37.2. The maximum atomic E-state index is 11.7. The Morgan fingerprint density at radius 3 is 1.84 bits per heavy atom. The van der Waals surface area contributed by atoms with Gasteiger partial charge < -0.3 is 29.9 Å². The van der Waals surface area contributed by atoms with Crippen molar-refractivity contribution in [1.82, 2.24) is 34.8 Å². The number of nitriles is 1. The smallest absolute Gasteiger partial charge is 0.323 e. The molecule has 0 bridgehead atoms. The van der Waals surface area contributed by atoms with Gasteiger partial charge in [0.25, 0.3) is 0 Å². The minimum atomic E-state index is -1.21. The van der Waals surface area contributed by atoms with Gasteiger partial charge in [0.05, 0.1) is 67.8 Å². The highest BCUT2D eigenvalue weighted by atomic mass is 35.5. The number of aliphatic hydroxyl groups is 2. The van der Waals surface area contributed by atoms with Gasteiger partial charge >= 0.3 is 11.9 Å². The molecule has 0 saturated carbocycles. The minimum Gasteiger partial charge on any atom is -0.489 e. The number of aryl methyl sites for hydroxylation is 1. The van der Waals surface area contributed by atoms with Gasteiger partial charge in [0.15, 0.2) is 0 Å². The van der Waals surface area contributed by atoms with Crippen LogP contribution in [0.4, 0.5) is 5.69 Å². The third-order valence-corrected chi connectivity index (χ3v) is 12.4. The second kappa shape index (κ2) is 22.0. The Hall–Kier alpha value is -7.90. The highest BCUT2D eigenvalue weighted by Crippen LogP contribution is 2.37. The number of carbonyl (C=O) groups is 2. The van der Waals surface area contributed by atoms with Gasteiger partial charge in [-0.15, -0.1) is 0 Å². The predicted molar refractivity (Wildman–Crippen MR) is 260 cm³/mol. The van der Waals surface area contributed by atoms with Crippen LogP contribution in [-0.2, 0) is 48.9 Å². The number of rotatable bonds is 21. The van der Waals surface area contributed by atoms with Crippen molar-refractivity contribution in [2.45, 2.75) is 51.7 Å². The molecule has 2 atom stereocenters. The number of nitrogens with one attached hydrogen (secondary N) is 1. The number of aliphatic carboxylic acids is 2. The van der Waals surface area contributed by atoms with E-state index in [0.29, 0.717) is 66.2 Å². The van der Waals surface area contributed by atoms with Crippen LogP contribution in [0.25, 0.3) is 37.8 Å². The molecule has 0 amide bonds. The zero-order valence-corrected chi connectivity index (χ0v) is 38.7. The zero-order chi connectivity index (χ0) is 49.3. The lowest BCUT2D eigenvalue weighted by atomic mass is 9.98. The quantitative estimate of drug-likeness (QED) is 0.0430. The first kappa shape index (κ1) is 48.6. The van der Waals surface area contributed by atoms with Crippen LogP contribution in [0, 0.1) is 23.8 Å². The molecule has 0 aliphatic carbocycles. The maximum absolute atomic E-state index is 11.7. The fraction of sp³-hybridized carbons (Fsp3) is 0.216. The fourth-order valence-corrected chi connectivity index (χ4v) is 8.51. The van der Waals surface area contributed by atoms with Crippen molar-refractivity contribution in [3.05, 3.63) is 170 Å². The summed E-state index contributed by atoms with van der Waals surface area (Å²) in [6.07, 6.45) is 10.1. The molecule has 70 heavy (non-hydrogen) atoms. The molecule has 0 spiro atoms. The van der Waals surface area contributed by atoms with Crippen LogP contribution in [0.5, 0.6) is 11.5 Å². The van der Waals surface area contributed by atoms with Gasteiger partial charge in [0.2, 0.25) is 5.69 Å². The second-order valence-corrected chi connectivity index (χ2v) is 17.1. The van der Waals surface area contributed by atoms with Gasteiger partial charge in [-0.3, -0.25) is 34.2 Å². The Morgan fingerprint density at radius 1 is 0.729 bits per heavy atom. The average molecular weight is 981 g/mol. The van der Waals surface area contributed by atoms with Crippen LogP contribution in [-0.4, -0.2) is 81.1 Å². The van der Waals surface area contributed by atoms with Crippen LogP contribution in [0.2, 0.25) is 10.0 Å². The summed E-state index contributed by atoms with van der Waals surface area (Å²) in [4.78, 5) is 35.1. The number of aromatic nitrogens is 6. The van der Waals surface area contributed by atoms with Crippen LogP contribution in [0.3, 0.4) is 0 Å². The number of nitrogens with zero attached hydrogens (tertiary/aromatic N) is 8. The molecule has 5 N–H and O–H groups in total. The molecule has 4 heterocycles. The number of pyridine rings is 2. The average Bonchev–Trinajstić information content (AvgIpc) is 3.98. The predicted octanol–water partition coefficient (Wildman–Crippen LogP) is 7.99. The molecular formula is C51H43Cl2N9O8. The molecule has 4 aromatic heterocycles. The Kier molecular flexibility index (Phi) is 15.3. The molecule has 0 fully saturated rings. The first-order chi connectivity index (χ1) is 34.0. The van der Waals surface area contributed by atoms with Crippen LogP contribution < -0.4 is 14.8 Å². The minimum absolute atomic E-state index is 0.0240. The lowest BCUT2D eigenvalue weighted by Crippen LogP contribution is -2.39. The standard InChI is InChI=1S/C51H43Cl2N9O8/c1-55-38-11-32(19-57-21-38)29-69-48-14-36(43(52)12-33(48)8-9-34(26-63)50(65)66)24-61-46-6-2-4-39(41(46)22-59-61)40-5-3-7-47-42(40)23-60-62(47)25-37-15-49(70-28-31-10-30(16-54)17-56-18-31)35(13-44(37)53)20-58-45(27-64)51(67)68/h2-7,10-15,17-19,21-23,34,45,58,63-64H,8-9,20,24-29H2,(H,65,66)(H,67,68)/t34-,45-/m0/s1. The SMILES string of the molecule is [C-]#[N+]c1cncc(COc2cc(Cn3ncc4c(-c5cccc6c5cnn6Cc5cc(OCc6cncc(C#N)c6)c(CN[C@@H](CO)C(=O)O)cc5Cl)cccc43)c(Cl)cc2CC[C@@H](CO)C(=O)O)c1. The lowest BCUT2D eigenvalue weighted by molar-refractivity contribution is -0.143. The van der Waals surface area contributed by atoms with E-state index in [1.165, 1.54) is 12.4 Å². The van der Waals surface area contributed by atoms with Crippen molar-refractivity contribution in [2.75, 3.05) is 13.2 Å². The molecule has 0 aliphatic rings. The molecule has 17 nitrogen and oxygen atoms in total. The fourth-order valence-electron chi connectivity index (χ4n) is 8.02. The van der Waals surface area contributed by atoms with E-state index in [1.54, 1.807) is 55.1 Å². The summed E-state index contributed by atoms with van der Waals surface area (Å²) in [5, 5.41) is 62.7. The van der Waals surface area contributed by atoms with Crippen molar-refractivity contribution >= 4 is 62.6 Å². The van der Waals surface area contributed by atoms with Gasteiger partial charge in [-0.05, 0) is 94.8 Å². The molecule has 8 rings (SSSR count). The first-order valence-corrected chi connectivity index (χ1v) is 22.6. The molecule has 354 valence electrons. The number of halogens is 2. The van der Waals surface area contributed by atoms with E-state index in [2.05, 4.69) is 26.2 Å². The van der Waals surface area contributed by atoms with Gasteiger partial charge in [-0.2, -0.15) is 15.5 Å². The highest BCUT2D eigenvalue weighted by Gasteiger charge is 2.22. The van der Waals surface area contributed by atoms with E-state index in [0.717, 1.165) is 32.9 Å². The molecule has 0 saturated heterocycles. The summed E-state index contributed by atoms with van der Waals surface area (Å²) in [7, 11) is 0. The number of carboxylic acid groups (broad SMARTS) is 2. The third-order valence-electron chi connectivity index (χ3n) is 11.7. The van der Waals surface area contributed by atoms with Gasteiger partial charge in [0.1, 0.15) is 36.8 Å². The maximum Gasteiger partial charge on any atom is 0.323 e. The number of hydrogen-bond donors (Lipinski definition) is 5. The second-order valence-electron chi connectivity index (χ2n) is 16.3. The van der Waals surface area contributed by atoms with Crippen molar-refractivity contribution < 1.29 is 39.5 Å². The number of aliphatic hydroxyl groups excluding tert-OH is 2. The summed E-state index contributed by atoms with van der Waals surface area (Å²) in [5.41, 5.74) is 8.12. The topological polar surface area (TPSA) is 235 Å². The molecule has 4 aromatic carbocycles. The number of benzene rings is 4. The lowest BCUT2D eigenvalue weighted by Gasteiger charge is -2.18. The van der Waals surface area contributed by atoms with Gasteiger partial charge in [-0.1, -0.05) is 47.5 Å². The Labute approximate surface area is 410 Å². The third kappa shape index (κ3) is 11.0. The normalized spacial score (nSPS) is 12.1. The van der Waals surface area contributed by atoms with Crippen molar-refractivity contribution in [1.29, 1.82) is 5.26 Å². The van der Waals surface area contributed by atoms with Gasteiger partial charge in [-0.25, -0.2) is 4.85 Å². The van der Waals surface area contributed by atoms with Crippen LogP contribution >= 0.6 is 23.2 Å². The monoisotopic (exact) mass is 979 g/mol. The largest absolute Gasteiger partial charge is 0.489 e. The number of fused-ring (bicyclic) bond motifs is 2. The highest BCUT2D eigenvalue weighted by molar-refractivity contribution is 6.31. The van der Waals surface area contributed by atoms with Crippen molar-refractivity contribution in [2.24, 2.45) is 5.92 Å². The number of ether oxygens (including phenoxy) is 2. The van der Waals surface area contributed by atoms with E-state index < -0.39 is 37.1 Å². The van der Waals surface area contributed by atoms with Crippen molar-refractivity contribution in [3.63, 3.8) is 0 Å².